The predicted molar refractivity (Wildman–Crippen MR) is 106 cm³/mol. The van der Waals surface area contributed by atoms with Gasteiger partial charge in [-0.2, -0.15) is 0 Å². The van der Waals surface area contributed by atoms with Crippen molar-refractivity contribution in [2.45, 2.75) is 25.5 Å². The number of amides is 2. The van der Waals surface area contributed by atoms with Crippen LogP contribution in [-0.2, 0) is 6.54 Å². The number of urea groups is 1. The number of carbonyl (C=O) groups excluding carboxylic acids is 1. The van der Waals surface area contributed by atoms with Gasteiger partial charge in [0.2, 0.25) is 12.7 Å². The molecule has 1 N–H and O–H groups in total. The number of piperidine rings is 1. The second-order valence-electron chi connectivity index (χ2n) is 7.30. The van der Waals surface area contributed by atoms with Gasteiger partial charge in [-0.05, 0) is 36.6 Å². The summed E-state index contributed by atoms with van der Waals surface area (Å²) in [5, 5.41) is 11.2. The van der Waals surface area contributed by atoms with E-state index >= 15 is 0 Å². The van der Waals surface area contributed by atoms with Gasteiger partial charge in [-0.3, -0.25) is 0 Å². The fourth-order valence-corrected chi connectivity index (χ4v) is 3.34. The highest BCUT2D eigenvalue weighted by molar-refractivity contribution is 5.74. The van der Waals surface area contributed by atoms with Gasteiger partial charge < -0.3 is 29.3 Å². The minimum absolute atomic E-state index is 0.0976. The van der Waals surface area contributed by atoms with Crippen LogP contribution in [0.3, 0.4) is 0 Å². The molecule has 9 heteroatoms. The molecule has 1 unspecified atom stereocenters. The van der Waals surface area contributed by atoms with Crippen molar-refractivity contribution in [2.75, 3.05) is 38.9 Å². The van der Waals surface area contributed by atoms with E-state index in [0.29, 0.717) is 31.3 Å². The molecule has 1 saturated heterocycles. The van der Waals surface area contributed by atoms with Gasteiger partial charge in [-0.25, -0.2) is 4.79 Å². The maximum atomic E-state index is 12.6. The van der Waals surface area contributed by atoms with Crippen LogP contribution in [0.5, 0.6) is 17.4 Å². The average molecular weight is 399 g/mol. The Morgan fingerprint density at radius 3 is 2.90 bits per heavy atom. The Bertz CT molecular complexity index is 858. The van der Waals surface area contributed by atoms with Gasteiger partial charge in [-0.1, -0.05) is 6.07 Å². The maximum absolute atomic E-state index is 12.6. The van der Waals surface area contributed by atoms with Crippen molar-refractivity contribution < 1.29 is 19.0 Å². The minimum Gasteiger partial charge on any atom is -0.471 e. The van der Waals surface area contributed by atoms with Crippen LogP contribution < -0.4 is 24.4 Å². The van der Waals surface area contributed by atoms with E-state index in [-0.39, 0.29) is 18.9 Å². The third-order valence-electron chi connectivity index (χ3n) is 4.92. The summed E-state index contributed by atoms with van der Waals surface area (Å²) >= 11 is 0. The maximum Gasteiger partial charge on any atom is 0.317 e. The molecule has 4 rings (SSSR count). The fourth-order valence-electron chi connectivity index (χ4n) is 3.34. The molecule has 154 valence electrons. The summed E-state index contributed by atoms with van der Waals surface area (Å²) in [5.74, 6) is 2.69. The monoisotopic (exact) mass is 399 g/mol. The lowest BCUT2D eigenvalue weighted by Crippen LogP contribution is -2.48. The number of aromatic nitrogens is 2. The normalized spacial score (nSPS) is 17.7. The van der Waals surface area contributed by atoms with Gasteiger partial charge >= 0.3 is 6.03 Å². The Kier molecular flexibility index (Phi) is 5.55. The fraction of sp³-hybridized carbons (Fsp3) is 0.450. The highest BCUT2D eigenvalue weighted by Gasteiger charge is 2.25. The SMILES string of the molecule is CN(C)c1ccc(OC2CCCN(C(=O)NCc3ccc4c(c3)OCO4)C2)nn1. The molecular formula is C20H25N5O4. The first-order chi connectivity index (χ1) is 14.1. The zero-order valence-corrected chi connectivity index (χ0v) is 16.6. The summed E-state index contributed by atoms with van der Waals surface area (Å²) in [6.45, 7) is 1.89. The Balaban J connectivity index is 1.29. The van der Waals surface area contributed by atoms with Crippen molar-refractivity contribution >= 4 is 11.8 Å². The van der Waals surface area contributed by atoms with E-state index in [1.54, 1.807) is 11.0 Å². The number of ether oxygens (including phenoxy) is 3. The van der Waals surface area contributed by atoms with Crippen LogP contribution in [0.1, 0.15) is 18.4 Å². The quantitative estimate of drug-likeness (QED) is 0.823. The molecule has 0 spiro atoms. The number of anilines is 1. The first-order valence-electron chi connectivity index (χ1n) is 9.67. The topological polar surface area (TPSA) is 89.1 Å². The molecule has 3 heterocycles. The summed E-state index contributed by atoms with van der Waals surface area (Å²) in [6.07, 6.45) is 1.66. The Hall–Kier alpha value is -3.23. The number of benzene rings is 1. The molecule has 9 nitrogen and oxygen atoms in total. The van der Waals surface area contributed by atoms with Crippen LogP contribution in [0.2, 0.25) is 0 Å². The smallest absolute Gasteiger partial charge is 0.317 e. The van der Waals surface area contributed by atoms with Gasteiger partial charge in [0.15, 0.2) is 17.3 Å². The van der Waals surface area contributed by atoms with Crippen LogP contribution in [-0.4, -0.2) is 61.2 Å². The molecule has 2 aromatic rings. The summed E-state index contributed by atoms with van der Waals surface area (Å²) < 4.78 is 16.6. The van der Waals surface area contributed by atoms with Crippen molar-refractivity contribution in [1.29, 1.82) is 0 Å². The molecule has 0 bridgehead atoms. The first-order valence-corrected chi connectivity index (χ1v) is 9.67. The van der Waals surface area contributed by atoms with E-state index in [1.165, 1.54) is 0 Å². The number of hydrogen-bond donors (Lipinski definition) is 1. The van der Waals surface area contributed by atoms with Gasteiger partial charge in [-0.15, -0.1) is 10.2 Å². The van der Waals surface area contributed by atoms with E-state index in [0.717, 1.165) is 30.0 Å². The molecule has 1 aromatic heterocycles. The lowest BCUT2D eigenvalue weighted by Gasteiger charge is -2.32. The number of carbonyl (C=O) groups is 1. The Morgan fingerprint density at radius 1 is 1.24 bits per heavy atom. The van der Waals surface area contributed by atoms with Crippen molar-refractivity contribution in [3.8, 4) is 17.4 Å². The van der Waals surface area contributed by atoms with Crippen LogP contribution in [0.15, 0.2) is 30.3 Å². The number of rotatable bonds is 5. The molecule has 0 saturated carbocycles. The molecule has 2 aliphatic heterocycles. The third kappa shape index (κ3) is 4.61. The van der Waals surface area contributed by atoms with Gasteiger partial charge in [0.25, 0.3) is 0 Å². The summed E-state index contributed by atoms with van der Waals surface area (Å²) in [5.41, 5.74) is 0.962. The number of nitrogens with zero attached hydrogens (tertiary/aromatic N) is 4. The van der Waals surface area contributed by atoms with E-state index in [1.807, 2.05) is 43.3 Å². The van der Waals surface area contributed by atoms with Crippen LogP contribution in [0, 0.1) is 0 Å². The molecule has 0 aliphatic carbocycles. The van der Waals surface area contributed by atoms with Gasteiger partial charge in [0.1, 0.15) is 6.10 Å². The zero-order chi connectivity index (χ0) is 20.2. The summed E-state index contributed by atoms with van der Waals surface area (Å²) in [4.78, 5) is 16.3. The largest absolute Gasteiger partial charge is 0.471 e. The summed E-state index contributed by atoms with van der Waals surface area (Å²) in [7, 11) is 3.82. The Labute approximate surface area is 169 Å². The summed E-state index contributed by atoms with van der Waals surface area (Å²) in [6, 6.07) is 9.23. The predicted octanol–water partition coefficient (Wildman–Crippen LogP) is 2.02. The van der Waals surface area contributed by atoms with Crippen LogP contribution >= 0.6 is 0 Å². The first kappa shape index (κ1) is 19.1. The van der Waals surface area contributed by atoms with Crippen LogP contribution in [0.4, 0.5) is 10.6 Å². The molecule has 1 fully saturated rings. The van der Waals surface area contributed by atoms with Gasteiger partial charge in [0, 0.05) is 33.3 Å². The van der Waals surface area contributed by atoms with Crippen LogP contribution in [0.25, 0.3) is 0 Å². The molecule has 2 aliphatic rings. The molecule has 29 heavy (non-hydrogen) atoms. The minimum atomic E-state index is -0.106. The van der Waals surface area contributed by atoms with E-state index in [4.69, 9.17) is 14.2 Å². The van der Waals surface area contributed by atoms with Crippen molar-refractivity contribution in [1.82, 2.24) is 20.4 Å². The molecular weight excluding hydrogens is 374 g/mol. The number of hydrogen-bond acceptors (Lipinski definition) is 7. The zero-order valence-electron chi connectivity index (χ0n) is 16.6. The third-order valence-corrected chi connectivity index (χ3v) is 4.92. The van der Waals surface area contributed by atoms with Crippen molar-refractivity contribution in [3.05, 3.63) is 35.9 Å². The molecule has 1 atom stereocenters. The molecule has 1 aromatic carbocycles. The van der Waals surface area contributed by atoms with Gasteiger partial charge in [0.05, 0.1) is 6.54 Å². The highest BCUT2D eigenvalue weighted by atomic mass is 16.7. The second kappa shape index (κ2) is 8.42. The second-order valence-corrected chi connectivity index (χ2v) is 7.30. The number of likely N-dealkylation sites (tertiary alicyclic amines) is 1. The number of nitrogens with one attached hydrogen (secondary N) is 1. The van der Waals surface area contributed by atoms with Crippen molar-refractivity contribution in [2.24, 2.45) is 0 Å². The lowest BCUT2D eigenvalue weighted by atomic mass is 10.1. The standard InChI is InChI=1S/C20H25N5O4/c1-24(2)18-7-8-19(23-22-18)29-15-4-3-9-25(12-15)20(26)21-11-14-5-6-16-17(10-14)28-13-27-16/h5-8,10,15H,3-4,9,11-13H2,1-2H3,(H,21,26). The van der Waals surface area contributed by atoms with E-state index in [9.17, 15) is 4.79 Å². The Morgan fingerprint density at radius 2 is 2.10 bits per heavy atom. The lowest BCUT2D eigenvalue weighted by molar-refractivity contribution is 0.0969. The average Bonchev–Trinajstić information content (AvgIpc) is 3.20. The van der Waals surface area contributed by atoms with E-state index in [2.05, 4.69) is 15.5 Å². The van der Waals surface area contributed by atoms with Crippen molar-refractivity contribution in [3.63, 3.8) is 0 Å². The molecule has 2 amide bonds. The highest BCUT2D eigenvalue weighted by Crippen LogP contribution is 2.32. The molecule has 0 radical (unpaired) electrons. The number of fused-ring (bicyclic) bond motifs is 1. The van der Waals surface area contributed by atoms with E-state index < -0.39 is 0 Å².